The molecule has 0 fully saturated rings. The lowest BCUT2D eigenvalue weighted by molar-refractivity contribution is 0.683. The van der Waals surface area contributed by atoms with Crippen molar-refractivity contribution in [3.63, 3.8) is 0 Å². The van der Waals surface area contributed by atoms with Crippen LogP contribution in [0.25, 0.3) is 5.69 Å². The molecule has 0 radical (unpaired) electrons. The number of aryl methyl sites for hydroxylation is 1. The molecule has 18 heavy (non-hydrogen) atoms. The van der Waals surface area contributed by atoms with Crippen molar-refractivity contribution in [1.82, 2.24) is 9.55 Å². The lowest BCUT2D eigenvalue weighted by atomic mass is 10.2. The van der Waals surface area contributed by atoms with Crippen LogP contribution in [0.5, 0.6) is 0 Å². The van der Waals surface area contributed by atoms with Crippen LogP contribution in [0, 0.1) is 12.8 Å². The summed E-state index contributed by atoms with van der Waals surface area (Å²) in [4.78, 5) is 4.50. The first-order valence-electron chi connectivity index (χ1n) is 6.12. The van der Waals surface area contributed by atoms with Crippen molar-refractivity contribution in [1.29, 1.82) is 0 Å². The minimum atomic E-state index is 0.579. The summed E-state index contributed by atoms with van der Waals surface area (Å²) >= 11 is 6.03. The van der Waals surface area contributed by atoms with Crippen molar-refractivity contribution >= 4 is 17.5 Å². The van der Waals surface area contributed by atoms with Gasteiger partial charge in [-0.1, -0.05) is 31.5 Å². The van der Waals surface area contributed by atoms with Gasteiger partial charge < -0.3 is 5.32 Å². The zero-order valence-electron chi connectivity index (χ0n) is 10.9. The number of anilines is 1. The second-order valence-corrected chi connectivity index (χ2v) is 5.27. The fourth-order valence-electron chi connectivity index (χ4n) is 1.74. The van der Waals surface area contributed by atoms with Gasteiger partial charge in [-0.15, -0.1) is 0 Å². The molecule has 0 amide bonds. The highest BCUT2D eigenvalue weighted by atomic mass is 35.5. The maximum absolute atomic E-state index is 6.03. The van der Waals surface area contributed by atoms with E-state index in [9.17, 15) is 0 Å². The van der Waals surface area contributed by atoms with Crippen molar-refractivity contribution in [2.45, 2.75) is 20.8 Å². The van der Waals surface area contributed by atoms with Gasteiger partial charge in [0.1, 0.15) is 0 Å². The van der Waals surface area contributed by atoms with Gasteiger partial charge in [0.2, 0.25) is 5.95 Å². The first-order chi connectivity index (χ1) is 8.56. The normalized spacial score (nSPS) is 10.9. The Labute approximate surface area is 113 Å². The maximum Gasteiger partial charge on any atom is 0.207 e. The molecule has 1 aromatic heterocycles. The van der Waals surface area contributed by atoms with Gasteiger partial charge in [-0.3, -0.25) is 4.57 Å². The van der Waals surface area contributed by atoms with Gasteiger partial charge in [0.25, 0.3) is 0 Å². The molecule has 1 N–H and O–H groups in total. The van der Waals surface area contributed by atoms with Crippen LogP contribution in [0.15, 0.2) is 30.5 Å². The van der Waals surface area contributed by atoms with E-state index in [0.29, 0.717) is 5.92 Å². The van der Waals surface area contributed by atoms with Crippen LogP contribution in [-0.4, -0.2) is 16.1 Å². The van der Waals surface area contributed by atoms with Crippen LogP contribution < -0.4 is 5.32 Å². The number of halogens is 1. The Morgan fingerprint density at radius 3 is 2.83 bits per heavy atom. The number of rotatable bonds is 4. The van der Waals surface area contributed by atoms with E-state index in [1.54, 1.807) is 0 Å². The molecule has 1 aromatic carbocycles. The van der Waals surface area contributed by atoms with Crippen LogP contribution in [0.1, 0.15) is 19.5 Å². The number of aromatic nitrogens is 2. The third-order valence-corrected chi connectivity index (χ3v) is 2.82. The number of benzene rings is 1. The van der Waals surface area contributed by atoms with E-state index in [1.165, 1.54) is 0 Å². The van der Waals surface area contributed by atoms with Crippen LogP contribution in [-0.2, 0) is 0 Å². The summed E-state index contributed by atoms with van der Waals surface area (Å²) in [5, 5.41) is 4.09. The van der Waals surface area contributed by atoms with E-state index in [-0.39, 0.29) is 0 Å². The Balaban J connectivity index is 2.32. The summed E-state index contributed by atoms with van der Waals surface area (Å²) in [5.41, 5.74) is 2.01. The molecule has 2 aromatic rings. The Hall–Kier alpha value is -1.48. The van der Waals surface area contributed by atoms with Crippen molar-refractivity contribution < 1.29 is 0 Å². The lowest BCUT2D eigenvalue weighted by Gasteiger charge is -2.11. The number of nitrogens with one attached hydrogen (secondary N) is 1. The summed E-state index contributed by atoms with van der Waals surface area (Å²) in [6, 6.07) is 7.77. The Morgan fingerprint density at radius 2 is 2.17 bits per heavy atom. The van der Waals surface area contributed by atoms with E-state index in [2.05, 4.69) is 24.1 Å². The minimum Gasteiger partial charge on any atom is -0.355 e. The summed E-state index contributed by atoms with van der Waals surface area (Å²) in [5.74, 6) is 1.44. The summed E-state index contributed by atoms with van der Waals surface area (Å²) in [7, 11) is 0. The van der Waals surface area contributed by atoms with E-state index >= 15 is 0 Å². The topological polar surface area (TPSA) is 29.9 Å². The second kappa shape index (κ2) is 5.44. The van der Waals surface area contributed by atoms with E-state index < -0.39 is 0 Å². The van der Waals surface area contributed by atoms with Gasteiger partial charge in [0, 0.05) is 23.5 Å². The predicted octanol–water partition coefficient (Wildman–Crippen LogP) is 3.90. The minimum absolute atomic E-state index is 0.579. The van der Waals surface area contributed by atoms with Crippen LogP contribution in [0.3, 0.4) is 0 Å². The van der Waals surface area contributed by atoms with Crippen LogP contribution in [0.4, 0.5) is 5.95 Å². The molecular formula is C14H18ClN3. The lowest BCUT2D eigenvalue weighted by Crippen LogP contribution is -2.11. The Bertz CT molecular complexity index is 532. The largest absolute Gasteiger partial charge is 0.355 e. The molecule has 96 valence electrons. The quantitative estimate of drug-likeness (QED) is 0.907. The molecule has 0 spiro atoms. The SMILES string of the molecule is Cc1cn(-c2cccc(Cl)c2)c(NCC(C)C)n1. The molecule has 1 heterocycles. The first kappa shape index (κ1) is 13.0. The molecule has 0 aliphatic heterocycles. The summed E-state index contributed by atoms with van der Waals surface area (Å²) < 4.78 is 2.03. The Kier molecular flexibility index (Phi) is 3.92. The van der Waals surface area contributed by atoms with Crippen molar-refractivity contribution in [3.05, 3.63) is 41.2 Å². The van der Waals surface area contributed by atoms with E-state index in [1.807, 2.05) is 42.0 Å². The second-order valence-electron chi connectivity index (χ2n) is 4.83. The van der Waals surface area contributed by atoms with Gasteiger partial charge in [0.05, 0.1) is 5.69 Å². The maximum atomic E-state index is 6.03. The van der Waals surface area contributed by atoms with Crippen molar-refractivity contribution in [2.24, 2.45) is 5.92 Å². The molecule has 2 rings (SSSR count). The highest BCUT2D eigenvalue weighted by molar-refractivity contribution is 6.30. The zero-order chi connectivity index (χ0) is 13.1. The van der Waals surface area contributed by atoms with Crippen molar-refractivity contribution in [3.8, 4) is 5.69 Å². The smallest absolute Gasteiger partial charge is 0.207 e. The van der Waals surface area contributed by atoms with Gasteiger partial charge in [-0.2, -0.15) is 0 Å². The molecule has 3 nitrogen and oxygen atoms in total. The molecule has 4 heteroatoms. The predicted molar refractivity (Wildman–Crippen MR) is 76.6 cm³/mol. The van der Waals surface area contributed by atoms with Crippen LogP contribution >= 0.6 is 11.6 Å². The number of hydrogen-bond acceptors (Lipinski definition) is 2. The molecule has 0 aliphatic carbocycles. The van der Waals surface area contributed by atoms with Gasteiger partial charge >= 0.3 is 0 Å². The van der Waals surface area contributed by atoms with E-state index in [0.717, 1.165) is 28.9 Å². The Morgan fingerprint density at radius 1 is 1.39 bits per heavy atom. The summed E-state index contributed by atoms with van der Waals surface area (Å²) in [6.07, 6.45) is 2.01. The standard InChI is InChI=1S/C14H18ClN3/c1-10(2)8-16-14-17-11(3)9-18(14)13-6-4-5-12(15)7-13/h4-7,9-10H,8H2,1-3H3,(H,16,17). The fourth-order valence-corrected chi connectivity index (χ4v) is 1.93. The average Bonchev–Trinajstić information content (AvgIpc) is 2.68. The third-order valence-electron chi connectivity index (χ3n) is 2.58. The molecule has 0 unspecified atom stereocenters. The highest BCUT2D eigenvalue weighted by Crippen LogP contribution is 2.20. The molecule has 0 aliphatic rings. The average molecular weight is 264 g/mol. The number of nitrogens with zero attached hydrogens (tertiary/aromatic N) is 2. The van der Waals surface area contributed by atoms with Gasteiger partial charge in [0.15, 0.2) is 0 Å². The first-order valence-corrected chi connectivity index (χ1v) is 6.50. The molecule has 0 bridgehead atoms. The highest BCUT2D eigenvalue weighted by Gasteiger charge is 2.08. The molecule has 0 saturated heterocycles. The fraction of sp³-hybridized carbons (Fsp3) is 0.357. The van der Waals surface area contributed by atoms with E-state index in [4.69, 9.17) is 11.6 Å². The zero-order valence-corrected chi connectivity index (χ0v) is 11.7. The third kappa shape index (κ3) is 3.05. The molecule has 0 saturated carbocycles. The molecular weight excluding hydrogens is 246 g/mol. The van der Waals surface area contributed by atoms with Crippen LogP contribution in [0.2, 0.25) is 5.02 Å². The molecule has 0 atom stereocenters. The monoisotopic (exact) mass is 263 g/mol. The number of hydrogen-bond donors (Lipinski definition) is 1. The van der Waals surface area contributed by atoms with Gasteiger partial charge in [-0.25, -0.2) is 4.98 Å². The summed E-state index contributed by atoms with van der Waals surface area (Å²) in [6.45, 7) is 7.23. The van der Waals surface area contributed by atoms with Crippen molar-refractivity contribution in [2.75, 3.05) is 11.9 Å². The number of imidazole rings is 1. The van der Waals surface area contributed by atoms with Gasteiger partial charge in [-0.05, 0) is 31.0 Å².